The minimum atomic E-state index is -0.0625. The molecule has 0 unspecified atom stereocenters. The van der Waals surface area contributed by atoms with Crippen molar-refractivity contribution in [3.05, 3.63) is 77.8 Å². The van der Waals surface area contributed by atoms with Crippen LogP contribution in [0.25, 0.3) is 10.8 Å². The van der Waals surface area contributed by atoms with Gasteiger partial charge in [0.25, 0.3) is 5.91 Å². The Morgan fingerprint density at radius 3 is 2.87 bits per heavy atom. The summed E-state index contributed by atoms with van der Waals surface area (Å²) in [4.78, 5) is 27.8. The molecule has 0 saturated heterocycles. The number of hydrogen-bond donors (Lipinski definition) is 0. The number of pyridine rings is 1. The highest BCUT2D eigenvalue weighted by Crippen LogP contribution is 2.26. The second-order valence-electron chi connectivity index (χ2n) is 7.38. The molecule has 8 heteroatoms. The maximum atomic E-state index is 13.4. The average Bonchev–Trinajstić information content (AvgIpc) is 3.19. The summed E-state index contributed by atoms with van der Waals surface area (Å²) >= 11 is 0. The second kappa shape index (κ2) is 8.14. The topological polar surface area (TPSA) is 86.0 Å². The summed E-state index contributed by atoms with van der Waals surface area (Å²) in [5.74, 6) is 0.387. The molecule has 0 aliphatic carbocycles. The van der Waals surface area contributed by atoms with Gasteiger partial charge in [-0.25, -0.2) is 4.98 Å². The van der Waals surface area contributed by atoms with Crippen LogP contribution in [0.4, 0.5) is 0 Å². The fourth-order valence-electron chi connectivity index (χ4n) is 4.05. The van der Waals surface area contributed by atoms with E-state index in [1.165, 1.54) is 0 Å². The van der Waals surface area contributed by atoms with Gasteiger partial charge in [0.05, 0.1) is 6.20 Å². The number of benzene rings is 1. The van der Waals surface area contributed by atoms with Gasteiger partial charge in [-0.15, -0.1) is 0 Å². The van der Waals surface area contributed by atoms with E-state index in [9.17, 15) is 4.79 Å². The number of ether oxygens (including phenoxy) is 1. The Morgan fingerprint density at radius 1 is 1.13 bits per heavy atom. The van der Waals surface area contributed by atoms with E-state index < -0.39 is 0 Å². The molecule has 31 heavy (non-hydrogen) atoms. The predicted octanol–water partition coefficient (Wildman–Crippen LogP) is 3.02. The molecule has 3 aromatic heterocycles. The van der Waals surface area contributed by atoms with Crippen molar-refractivity contribution < 1.29 is 9.53 Å². The van der Waals surface area contributed by atoms with Crippen LogP contribution in [0.2, 0.25) is 0 Å². The van der Waals surface area contributed by atoms with Crippen molar-refractivity contribution in [3.63, 3.8) is 0 Å². The first-order chi connectivity index (χ1) is 15.2. The third-order valence-corrected chi connectivity index (χ3v) is 5.58. The summed E-state index contributed by atoms with van der Waals surface area (Å²) in [5.41, 5.74) is 3.52. The van der Waals surface area contributed by atoms with Gasteiger partial charge >= 0.3 is 0 Å². The maximum Gasteiger partial charge on any atom is 0.273 e. The van der Waals surface area contributed by atoms with Crippen LogP contribution in [0.1, 0.15) is 34.4 Å². The van der Waals surface area contributed by atoms with Crippen LogP contribution in [0.15, 0.2) is 55.1 Å². The van der Waals surface area contributed by atoms with Gasteiger partial charge in [0, 0.05) is 61.3 Å². The van der Waals surface area contributed by atoms with E-state index in [4.69, 9.17) is 9.84 Å². The highest BCUT2D eigenvalue weighted by atomic mass is 16.5. The summed E-state index contributed by atoms with van der Waals surface area (Å²) in [5, 5.41) is 6.61. The lowest BCUT2D eigenvalue weighted by Gasteiger charge is -2.28. The Bertz CT molecular complexity index is 1230. The lowest BCUT2D eigenvalue weighted by atomic mass is 10.0. The average molecular weight is 414 g/mol. The van der Waals surface area contributed by atoms with Crippen molar-refractivity contribution >= 4 is 16.7 Å². The van der Waals surface area contributed by atoms with E-state index in [2.05, 4.69) is 21.9 Å². The molecule has 1 amide bonds. The molecule has 156 valence electrons. The highest BCUT2D eigenvalue weighted by Gasteiger charge is 2.29. The SMILES string of the molecule is CCn1nc(COc2cnccn2)c2c1CCN(C(=O)c1nccc3ccccc13)C2. The first kappa shape index (κ1) is 19.2. The second-order valence-corrected chi connectivity index (χ2v) is 7.38. The van der Waals surface area contributed by atoms with Crippen LogP contribution in [0.5, 0.6) is 5.88 Å². The summed E-state index contributed by atoms with van der Waals surface area (Å²) in [6, 6.07) is 9.76. The van der Waals surface area contributed by atoms with E-state index in [1.54, 1.807) is 24.8 Å². The number of nitrogens with zero attached hydrogens (tertiary/aromatic N) is 6. The molecule has 5 rings (SSSR count). The summed E-state index contributed by atoms with van der Waals surface area (Å²) in [6.07, 6.45) is 7.21. The molecule has 0 fully saturated rings. The number of carbonyl (C=O) groups excluding carboxylic acids is 1. The number of fused-ring (bicyclic) bond motifs is 2. The molecular formula is C23H22N6O2. The molecule has 0 N–H and O–H groups in total. The number of aromatic nitrogens is 5. The van der Waals surface area contributed by atoms with Crippen LogP contribution >= 0.6 is 0 Å². The van der Waals surface area contributed by atoms with E-state index in [-0.39, 0.29) is 12.5 Å². The zero-order valence-electron chi connectivity index (χ0n) is 17.2. The molecule has 1 aromatic carbocycles. The molecule has 1 aliphatic heterocycles. The van der Waals surface area contributed by atoms with Gasteiger partial charge in [0.1, 0.15) is 18.0 Å². The van der Waals surface area contributed by atoms with Crippen molar-refractivity contribution in [3.8, 4) is 5.88 Å². The zero-order valence-corrected chi connectivity index (χ0v) is 17.2. The van der Waals surface area contributed by atoms with Gasteiger partial charge in [-0.05, 0) is 18.4 Å². The van der Waals surface area contributed by atoms with Crippen LogP contribution in [-0.2, 0) is 26.1 Å². The molecule has 4 heterocycles. The van der Waals surface area contributed by atoms with Crippen molar-refractivity contribution in [1.29, 1.82) is 0 Å². The molecule has 0 atom stereocenters. The maximum absolute atomic E-state index is 13.4. The summed E-state index contributed by atoms with van der Waals surface area (Å²) < 4.78 is 7.79. The highest BCUT2D eigenvalue weighted by molar-refractivity contribution is 6.05. The number of carbonyl (C=O) groups is 1. The van der Waals surface area contributed by atoms with E-state index in [0.717, 1.165) is 40.7 Å². The fraction of sp³-hybridized carbons (Fsp3) is 0.261. The first-order valence-corrected chi connectivity index (χ1v) is 10.3. The van der Waals surface area contributed by atoms with Gasteiger partial charge in [-0.1, -0.05) is 24.3 Å². The Labute approximate surface area is 179 Å². The summed E-state index contributed by atoms with van der Waals surface area (Å²) in [6.45, 7) is 4.23. The summed E-state index contributed by atoms with van der Waals surface area (Å²) in [7, 11) is 0. The zero-order chi connectivity index (χ0) is 21.2. The third-order valence-electron chi connectivity index (χ3n) is 5.58. The molecule has 0 spiro atoms. The molecule has 1 aliphatic rings. The van der Waals surface area contributed by atoms with Crippen molar-refractivity contribution in [2.45, 2.75) is 33.0 Å². The van der Waals surface area contributed by atoms with E-state index in [0.29, 0.717) is 24.7 Å². The van der Waals surface area contributed by atoms with Crippen LogP contribution in [0.3, 0.4) is 0 Å². The third kappa shape index (κ3) is 3.61. The monoisotopic (exact) mass is 414 g/mol. The molecule has 4 aromatic rings. The van der Waals surface area contributed by atoms with Crippen molar-refractivity contribution in [1.82, 2.24) is 29.6 Å². The molecule has 8 nitrogen and oxygen atoms in total. The smallest absolute Gasteiger partial charge is 0.273 e. The van der Waals surface area contributed by atoms with Gasteiger partial charge in [0.2, 0.25) is 5.88 Å². The normalized spacial score (nSPS) is 13.3. The number of hydrogen-bond acceptors (Lipinski definition) is 6. The molecule has 0 saturated carbocycles. The largest absolute Gasteiger partial charge is 0.470 e. The first-order valence-electron chi connectivity index (χ1n) is 10.3. The Hall–Kier alpha value is -3.81. The fourth-order valence-corrected chi connectivity index (χ4v) is 4.05. The van der Waals surface area contributed by atoms with Crippen LogP contribution in [0, 0.1) is 0 Å². The standard InChI is InChI=1S/C23H22N6O2/c1-2-29-20-8-12-28(23(30)22-17-6-4-3-5-16(17)7-9-26-22)14-18(20)19(27-29)15-31-21-13-24-10-11-25-21/h3-7,9-11,13H,2,8,12,14-15H2,1H3. The van der Waals surface area contributed by atoms with Crippen molar-refractivity contribution in [2.75, 3.05) is 6.54 Å². The Kier molecular flexibility index (Phi) is 5.03. The minimum absolute atomic E-state index is 0.0625. The molecular weight excluding hydrogens is 392 g/mol. The van der Waals surface area contributed by atoms with Gasteiger partial charge in [-0.2, -0.15) is 5.10 Å². The number of amides is 1. The quantitative estimate of drug-likeness (QED) is 0.499. The van der Waals surface area contributed by atoms with Crippen molar-refractivity contribution in [2.24, 2.45) is 0 Å². The van der Waals surface area contributed by atoms with Crippen LogP contribution < -0.4 is 4.74 Å². The predicted molar refractivity (Wildman–Crippen MR) is 114 cm³/mol. The van der Waals surface area contributed by atoms with Gasteiger partial charge < -0.3 is 9.64 Å². The Balaban J connectivity index is 1.42. The minimum Gasteiger partial charge on any atom is -0.470 e. The number of aryl methyl sites for hydroxylation is 1. The van der Waals surface area contributed by atoms with Gasteiger partial charge in [-0.3, -0.25) is 19.4 Å². The van der Waals surface area contributed by atoms with Crippen LogP contribution in [-0.4, -0.2) is 42.1 Å². The Morgan fingerprint density at radius 2 is 2.03 bits per heavy atom. The number of rotatable bonds is 5. The van der Waals surface area contributed by atoms with E-state index in [1.807, 2.05) is 39.9 Å². The van der Waals surface area contributed by atoms with Gasteiger partial charge in [0.15, 0.2) is 0 Å². The molecule has 0 radical (unpaired) electrons. The van der Waals surface area contributed by atoms with E-state index >= 15 is 0 Å². The lowest BCUT2D eigenvalue weighted by Crippen LogP contribution is -2.37. The molecule has 0 bridgehead atoms. The lowest BCUT2D eigenvalue weighted by molar-refractivity contribution is 0.0728.